The topological polar surface area (TPSA) is 84.5 Å². The molecule has 0 aliphatic carbocycles. The summed E-state index contributed by atoms with van der Waals surface area (Å²) in [6.07, 6.45) is 2.03. The standard InChI is InChI=1S/C21H30N2O4/c1-7-14-12(5)18(20(24)25)22(9-3)16(14)11-17-15(8-2)13(6)19(21(26)27)23(17)10-4/h7-11H2,1-6H3,(H,24,25)(H,26,27). The summed E-state index contributed by atoms with van der Waals surface area (Å²) in [7, 11) is 0. The normalized spacial score (nSPS) is 11.2. The van der Waals surface area contributed by atoms with Crippen LogP contribution in [0.25, 0.3) is 0 Å². The van der Waals surface area contributed by atoms with E-state index in [0.717, 1.165) is 46.5 Å². The molecular formula is C21H30N2O4. The molecule has 0 saturated carbocycles. The van der Waals surface area contributed by atoms with Crippen LogP contribution in [-0.2, 0) is 32.4 Å². The van der Waals surface area contributed by atoms with E-state index in [4.69, 9.17) is 0 Å². The molecule has 0 atom stereocenters. The van der Waals surface area contributed by atoms with Gasteiger partial charge in [0, 0.05) is 30.9 Å². The molecule has 6 nitrogen and oxygen atoms in total. The fourth-order valence-electron chi connectivity index (χ4n) is 4.47. The van der Waals surface area contributed by atoms with Crippen LogP contribution in [0.4, 0.5) is 0 Å². The Morgan fingerprint density at radius 1 is 0.741 bits per heavy atom. The number of rotatable bonds is 8. The quantitative estimate of drug-likeness (QED) is 0.730. The molecule has 0 radical (unpaired) electrons. The maximum absolute atomic E-state index is 11.8. The molecule has 0 aliphatic heterocycles. The zero-order valence-electron chi connectivity index (χ0n) is 17.1. The third kappa shape index (κ3) is 3.29. The minimum absolute atomic E-state index is 0.340. The van der Waals surface area contributed by atoms with Crippen molar-refractivity contribution < 1.29 is 19.8 Å². The zero-order valence-corrected chi connectivity index (χ0v) is 17.1. The van der Waals surface area contributed by atoms with Gasteiger partial charge in [0.1, 0.15) is 11.4 Å². The van der Waals surface area contributed by atoms with Crippen molar-refractivity contribution >= 4 is 11.9 Å². The number of aromatic nitrogens is 2. The first-order valence-corrected chi connectivity index (χ1v) is 9.62. The monoisotopic (exact) mass is 374 g/mol. The lowest BCUT2D eigenvalue weighted by Crippen LogP contribution is -2.15. The maximum atomic E-state index is 11.8. The van der Waals surface area contributed by atoms with Gasteiger partial charge in [-0.15, -0.1) is 0 Å². The molecule has 2 aromatic heterocycles. The molecular weight excluding hydrogens is 344 g/mol. The first-order chi connectivity index (χ1) is 12.7. The van der Waals surface area contributed by atoms with Gasteiger partial charge in [-0.25, -0.2) is 9.59 Å². The van der Waals surface area contributed by atoms with Gasteiger partial charge in [0.15, 0.2) is 0 Å². The molecule has 148 valence electrons. The summed E-state index contributed by atoms with van der Waals surface area (Å²) < 4.78 is 3.75. The predicted molar refractivity (Wildman–Crippen MR) is 105 cm³/mol. The molecule has 27 heavy (non-hydrogen) atoms. The van der Waals surface area contributed by atoms with E-state index in [-0.39, 0.29) is 0 Å². The van der Waals surface area contributed by atoms with E-state index < -0.39 is 11.9 Å². The summed E-state index contributed by atoms with van der Waals surface area (Å²) in [5, 5.41) is 19.4. The number of carboxylic acid groups (broad SMARTS) is 2. The van der Waals surface area contributed by atoms with E-state index in [2.05, 4.69) is 0 Å². The summed E-state index contributed by atoms with van der Waals surface area (Å²) in [4.78, 5) is 23.7. The highest BCUT2D eigenvalue weighted by molar-refractivity contribution is 5.89. The number of carbonyl (C=O) groups is 2. The highest BCUT2D eigenvalue weighted by Gasteiger charge is 2.27. The van der Waals surface area contributed by atoms with Crippen LogP contribution >= 0.6 is 0 Å². The van der Waals surface area contributed by atoms with E-state index in [1.54, 1.807) is 0 Å². The van der Waals surface area contributed by atoms with Crippen molar-refractivity contribution in [3.8, 4) is 0 Å². The van der Waals surface area contributed by atoms with Crippen LogP contribution in [0.1, 0.15) is 82.3 Å². The fraction of sp³-hybridized carbons (Fsp3) is 0.524. The van der Waals surface area contributed by atoms with E-state index in [1.807, 2.05) is 50.7 Å². The van der Waals surface area contributed by atoms with Gasteiger partial charge in [0.05, 0.1) is 0 Å². The molecule has 0 unspecified atom stereocenters. The molecule has 0 amide bonds. The SMILES string of the molecule is CCc1c(C)c(C(=O)O)n(CC)c1Cc1c(CC)c(C)c(C(=O)O)n1CC. The molecule has 2 N–H and O–H groups in total. The van der Waals surface area contributed by atoms with Crippen LogP contribution in [0.3, 0.4) is 0 Å². The molecule has 2 aromatic rings. The summed E-state index contributed by atoms with van der Waals surface area (Å²) in [5.74, 6) is -1.83. The van der Waals surface area contributed by atoms with Gasteiger partial charge in [-0.3, -0.25) is 0 Å². The van der Waals surface area contributed by atoms with Crippen molar-refractivity contribution in [2.45, 2.75) is 73.9 Å². The van der Waals surface area contributed by atoms with Gasteiger partial charge >= 0.3 is 11.9 Å². The lowest BCUT2D eigenvalue weighted by Gasteiger charge is -2.15. The van der Waals surface area contributed by atoms with Gasteiger partial charge in [0.2, 0.25) is 0 Å². The van der Waals surface area contributed by atoms with Gasteiger partial charge < -0.3 is 19.3 Å². The molecule has 6 heteroatoms. The van der Waals surface area contributed by atoms with Crippen LogP contribution in [0.5, 0.6) is 0 Å². The minimum atomic E-state index is -0.917. The van der Waals surface area contributed by atoms with E-state index in [9.17, 15) is 19.8 Å². The van der Waals surface area contributed by atoms with E-state index >= 15 is 0 Å². The van der Waals surface area contributed by atoms with Crippen molar-refractivity contribution in [2.24, 2.45) is 0 Å². The lowest BCUT2D eigenvalue weighted by atomic mass is 10.0. The Morgan fingerprint density at radius 2 is 1.07 bits per heavy atom. The van der Waals surface area contributed by atoms with Crippen molar-refractivity contribution in [1.29, 1.82) is 0 Å². The van der Waals surface area contributed by atoms with Crippen LogP contribution in [0, 0.1) is 13.8 Å². The molecule has 0 fully saturated rings. The van der Waals surface area contributed by atoms with Crippen LogP contribution in [-0.4, -0.2) is 31.3 Å². The Hall–Kier alpha value is -2.50. The summed E-state index contributed by atoms with van der Waals surface area (Å²) in [5.41, 5.74) is 6.36. The van der Waals surface area contributed by atoms with Crippen molar-refractivity contribution in [3.05, 3.63) is 45.0 Å². The number of hydrogen-bond donors (Lipinski definition) is 2. The van der Waals surface area contributed by atoms with Crippen molar-refractivity contribution in [1.82, 2.24) is 9.13 Å². The van der Waals surface area contributed by atoms with Crippen molar-refractivity contribution in [2.75, 3.05) is 0 Å². The molecule has 0 spiro atoms. The van der Waals surface area contributed by atoms with Crippen LogP contribution in [0.2, 0.25) is 0 Å². The molecule has 0 bridgehead atoms. The first kappa shape index (κ1) is 20.8. The third-order valence-corrected chi connectivity index (χ3v) is 5.58. The Kier molecular flexibility index (Phi) is 6.19. The van der Waals surface area contributed by atoms with Gasteiger partial charge in [-0.05, 0) is 62.8 Å². The van der Waals surface area contributed by atoms with E-state index in [1.165, 1.54) is 0 Å². The van der Waals surface area contributed by atoms with E-state index in [0.29, 0.717) is 30.9 Å². The van der Waals surface area contributed by atoms with Crippen molar-refractivity contribution in [3.63, 3.8) is 0 Å². The Balaban J connectivity index is 2.78. The number of hydrogen-bond acceptors (Lipinski definition) is 2. The number of aromatic carboxylic acids is 2. The third-order valence-electron chi connectivity index (χ3n) is 5.58. The highest BCUT2D eigenvalue weighted by Crippen LogP contribution is 2.30. The van der Waals surface area contributed by atoms with Gasteiger partial charge in [-0.2, -0.15) is 0 Å². The zero-order chi connectivity index (χ0) is 20.5. The predicted octanol–water partition coefficient (Wildman–Crippen LogP) is 4.06. The van der Waals surface area contributed by atoms with Gasteiger partial charge in [0.25, 0.3) is 0 Å². The average molecular weight is 374 g/mol. The van der Waals surface area contributed by atoms with Gasteiger partial charge in [-0.1, -0.05) is 13.8 Å². The second-order valence-electron chi connectivity index (χ2n) is 6.78. The summed E-state index contributed by atoms with van der Waals surface area (Å²) in [6.45, 7) is 12.8. The Labute approximate surface area is 160 Å². The number of nitrogens with zero attached hydrogens (tertiary/aromatic N) is 2. The molecule has 0 aromatic carbocycles. The largest absolute Gasteiger partial charge is 0.477 e. The molecule has 0 aliphatic rings. The van der Waals surface area contributed by atoms with Crippen LogP contribution < -0.4 is 0 Å². The molecule has 2 heterocycles. The molecule has 2 rings (SSSR count). The second kappa shape index (κ2) is 8.03. The summed E-state index contributed by atoms with van der Waals surface area (Å²) >= 11 is 0. The average Bonchev–Trinajstić information content (AvgIpc) is 3.04. The Morgan fingerprint density at radius 3 is 1.30 bits per heavy atom. The fourth-order valence-corrected chi connectivity index (χ4v) is 4.47. The minimum Gasteiger partial charge on any atom is -0.477 e. The van der Waals surface area contributed by atoms with Crippen LogP contribution in [0.15, 0.2) is 0 Å². The smallest absolute Gasteiger partial charge is 0.352 e. The lowest BCUT2D eigenvalue weighted by molar-refractivity contribution is 0.0673. The maximum Gasteiger partial charge on any atom is 0.352 e. The number of carboxylic acids is 2. The molecule has 0 saturated heterocycles. The second-order valence-corrected chi connectivity index (χ2v) is 6.78. The summed E-state index contributed by atoms with van der Waals surface area (Å²) in [6, 6.07) is 0. The first-order valence-electron chi connectivity index (χ1n) is 9.62. The highest BCUT2D eigenvalue weighted by atomic mass is 16.4. The Bertz CT molecular complexity index is 815.